The second-order valence-electron chi connectivity index (χ2n) is 7.78. The van der Waals surface area contributed by atoms with E-state index in [-0.39, 0.29) is 11.8 Å². The molecular formula is C22H31N3O2. The molecule has 1 atom stereocenters. The average Bonchev–Trinajstić information content (AvgIpc) is 2.68. The van der Waals surface area contributed by atoms with Gasteiger partial charge in [0.1, 0.15) is 0 Å². The molecule has 0 aliphatic carbocycles. The number of benzene rings is 1. The van der Waals surface area contributed by atoms with Crippen LogP contribution >= 0.6 is 0 Å². The molecule has 0 saturated carbocycles. The lowest BCUT2D eigenvalue weighted by Crippen LogP contribution is -2.52. The maximum Gasteiger partial charge on any atom is 0.246 e. The summed E-state index contributed by atoms with van der Waals surface area (Å²) in [7, 11) is 0. The van der Waals surface area contributed by atoms with Crippen LogP contribution in [0.25, 0.3) is 6.08 Å². The summed E-state index contributed by atoms with van der Waals surface area (Å²) in [6.07, 6.45) is 6.98. The summed E-state index contributed by atoms with van der Waals surface area (Å²) in [6.45, 7) is 8.45. The van der Waals surface area contributed by atoms with Gasteiger partial charge in [0, 0.05) is 44.8 Å². The predicted molar refractivity (Wildman–Crippen MR) is 108 cm³/mol. The highest BCUT2D eigenvalue weighted by Crippen LogP contribution is 2.17. The topological polar surface area (TPSA) is 43.9 Å². The molecule has 0 unspecified atom stereocenters. The third-order valence-electron chi connectivity index (χ3n) is 5.66. The summed E-state index contributed by atoms with van der Waals surface area (Å²) >= 11 is 0. The van der Waals surface area contributed by atoms with Gasteiger partial charge in [0.15, 0.2) is 0 Å². The summed E-state index contributed by atoms with van der Waals surface area (Å²) in [5.41, 5.74) is 2.25. The van der Waals surface area contributed by atoms with Crippen molar-refractivity contribution in [2.24, 2.45) is 0 Å². The van der Waals surface area contributed by atoms with E-state index in [0.717, 1.165) is 38.0 Å². The lowest BCUT2D eigenvalue weighted by atomic mass is 10.0. The molecule has 0 spiro atoms. The highest BCUT2D eigenvalue weighted by molar-refractivity contribution is 5.91. The van der Waals surface area contributed by atoms with Crippen molar-refractivity contribution in [1.82, 2.24) is 14.7 Å². The Morgan fingerprint density at radius 1 is 1.04 bits per heavy atom. The minimum Gasteiger partial charge on any atom is -0.339 e. The summed E-state index contributed by atoms with van der Waals surface area (Å²) in [6, 6.07) is 8.49. The fraction of sp³-hybridized carbons (Fsp3) is 0.545. The van der Waals surface area contributed by atoms with Crippen LogP contribution in [-0.4, -0.2) is 71.8 Å². The van der Waals surface area contributed by atoms with Crippen LogP contribution in [0, 0.1) is 6.92 Å². The first-order chi connectivity index (χ1) is 13.0. The van der Waals surface area contributed by atoms with Gasteiger partial charge in [-0.2, -0.15) is 0 Å². The number of hydrogen-bond donors (Lipinski definition) is 0. The Bertz CT molecular complexity index is 675. The van der Waals surface area contributed by atoms with Gasteiger partial charge in [0.05, 0.1) is 6.54 Å². The second kappa shape index (κ2) is 9.18. The van der Waals surface area contributed by atoms with Crippen LogP contribution in [0.4, 0.5) is 0 Å². The number of carbonyl (C=O) groups is 2. The molecule has 0 radical (unpaired) electrons. The summed E-state index contributed by atoms with van der Waals surface area (Å²) in [5.74, 6) is 0.285. The number of aryl methyl sites for hydroxylation is 1. The lowest BCUT2D eigenvalue weighted by Gasteiger charge is -2.37. The molecule has 3 rings (SSSR count). The number of amides is 2. The Morgan fingerprint density at radius 2 is 1.74 bits per heavy atom. The van der Waals surface area contributed by atoms with E-state index in [1.54, 1.807) is 6.08 Å². The molecule has 1 aromatic carbocycles. The van der Waals surface area contributed by atoms with Gasteiger partial charge in [-0.25, -0.2) is 0 Å². The van der Waals surface area contributed by atoms with Crippen molar-refractivity contribution in [2.45, 2.75) is 39.2 Å². The standard InChI is InChI=1S/C22H31N3O2/c1-18-6-8-20(9-7-18)10-11-21(26)24-15-13-23(14-16-24)17-22(27)25-12-4-3-5-19(25)2/h6-11,19H,3-5,12-17H2,1-2H3/b11-10+/t19-/m0/s1. The molecule has 1 aromatic rings. The molecule has 2 fully saturated rings. The number of carbonyl (C=O) groups excluding carboxylic acids is 2. The molecule has 27 heavy (non-hydrogen) atoms. The van der Waals surface area contributed by atoms with E-state index in [0.29, 0.717) is 25.7 Å². The third-order valence-corrected chi connectivity index (χ3v) is 5.66. The minimum atomic E-state index is 0.0474. The maximum absolute atomic E-state index is 12.6. The molecule has 0 N–H and O–H groups in total. The summed E-state index contributed by atoms with van der Waals surface area (Å²) in [5, 5.41) is 0. The Kier molecular flexibility index (Phi) is 6.67. The number of rotatable bonds is 4. The van der Waals surface area contributed by atoms with Crippen LogP contribution < -0.4 is 0 Å². The minimum absolute atomic E-state index is 0.0474. The number of likely N-dealkylation sites (tertiary alicyclic amines) is 1. The normalized spacial score (nSPS) is 21.6. The van der Waals surface area contributed by atoms with Gasteiger partial charge >= 0.3 is 0 Å². The van der Waals surface area contributed by atoms with Crippen LogP contribution in [0.1, 0.15) is 37.3 Å². The Labute approximate surface area is 162 Å². The van der Waals surface area contributed by atoms with Crippen molar-refractivity contribution in [3.63, 3.8) is 0 Å². The van der Waals surface area contributed by atoms with E-state index >= 15 is 0 Å². The van der Waals surface area contributed by atoms with E-state index in [4.69, 9.17) is 0 Å². The SMILES string of the molecule is Cc1ccc(/C=C/C(=O)N2CCN(CC(=O)N3CCCC[C@@H]3C)CC2)cc1. The molecule has 2 heterocycles. The van der Waals surface area contributed by atoms with E-state index < -0.39 is 0 Å². The van der Waals surface area contributed by atoms with Crippen LogP contribution in [0.5, 0.6) is 0 Å². The molecule has 146 valence electrons. The van der Waals surface area contributed by atoms with Crippen molar-refractivity contribution >= 4 is 17.9 Å². The van der Waals surface area contributed by atoms with E-state index in [9.17, 15) is 9.59 Å². The highest BCUT2D eigenvalue weighted by atomic mass is 16.2. The van der Waals surface area contributed by atoms with Crippen molar-refractivity contribution in [3.8, 4) is 0 Å². The fourth-order valence-electron chi connectivity index (χ4n) is 3.83. The lowest BCUT2D eigenvalue weighted by molar-refractivity contribution is -0.136. The van der Waals surface area contributed by atoms with Gasteiger partial charge in [-0.1, -0.05) is 29.8 Å². The van der Waals surface area contributed by atoms with Crippen molar-refractivity contribution < 1.29 is 9.59 Å². The first kappa shape index (κ1) is 19.6. The Balaban J connectivity index is 1.44. The van der Waals surface area contributed by atoms with Crippen LogP contribution in [0.2, 0.25) is 0 Å². The van der Waals surface area contributed by atoms with Crippen molar-refractivity contribution in [1.29, 1.82) is 0 Å². The van der Waals surface area contributed by atoms with Crippen molar-refractivity contribution in [2.75, 3.05) is 39.3 Å². The molecular weight excluding hydrogens is 338 g/mol. The van der Waals surface area contributed by atoms with Gasteiger partial charge in [-0.05, 0) is 44.7 Å². The van der Waals surface area contributed by atoms with E-state index in [1.165, 1.54) is 12.0 Å². The zero-order valence-electron chi connectivity index (χ0n) is 16.6. The number of piperidine rings is 1. The number of nitrogens with zero attached hydrogens (tertiary/aromatic N) is 3. The molecule has 2 amide bonds. The molecule has 2 aliphatic heterocycles. The Hall–Kier alpha value is -2.14. The van der Waals surface area contributed by atoms with Gasteiger partial charge in [0.25, 0.3) is 0 Å². The maximum atomic E-state index is 12.6. The van der Waals surface area contributed by atoms with E-state index in [2.05, 4.69) is 18.7 Å². The van der Waals surface area contributed by atoms with Gasteiger partial charge in [0.2, 0.25) is 11.8 Å². The average molecular weight is 370 g/mol. The first-order valence-corrected chi connectivity index (χ1v) is 10.1. The third kappa shape index (κ3) is 5.42. The molecule has 5 nitrogen and oxygen atoms in total. The predicted octanol–water partition coefficient (Wildman–Crippen LogP) is 2.55. The smallest absolute Gasteiger partial charge is 0.246 e. The van der Waals surface area contributed by atoms with Crippen LogP contribution in [-0.2, 0) is 9.59 Å². The zero-order chi connectivity index (χ0) is 19.2. The molecule has 2 aliphatic rings. The molecule has 5 heteroatoms. The molecule has 0 aromatic heterocycles. The first-order valence-electron chi connectivity index (χ1n) is 10.1. The zero-order valence-corrected chi connectivity index (χ0v) is 16.6. The monoisotopic (exact) mass is 369 g/mol. The van der Waals surface area contributed by atoms with Gasteiger partial charge in [-0.15, -0.1) is 0 Å². The van der Waals surface area contributed by atoms with Crippen LogP contribution in [0.15, 0.2) is 30.3 Å². The molecule has 2 saturated heterocycles. The summed E-state index contributed by atoms with van der Waals surface area (Å²) < 4.78 is 0. The summed E-state index contributed by atoms with van der Waals surface area (Å²) in [4.78, 5) is 31.1. The highest BCUT2D eigenvalue weighted by Gasteiger charge is 2.26. The number of piperazine rings is 1. The van der Waals surface area contributed by atoms with Gasteiger partial charge < -0.3 is 9.80 Å². The van der Waals surface area contributed by atoms with E-state index in [1.807, 2.05) is 40.1 Å². The fourth-order valence-corrected chi connectivity index (χ4v) is 3.83. The van der Waals surface area contributed by atoms with Crippen LogP contribution in [0.3, 0.4) is 0 Å². The quantitative estimate of drug-likeness (QED) is 0.766. The number of hydrogen-bond acceptors (Lipinski definition) is 3. The Morgan fingerprint density at radius 3 is 2.41 bits per heavy atom. The molecule has 0 bridgehead atoms. The second-order valence-corrected chi connectivity index (χ2v) is 7.78. The van der Waals surface area contributed by atoms with Gasteiger partial charge in [-0.3, -0.25) is 14.5 Å². The van der Waals surface area contributed by atoms with Crippen molar-refractivity contribution in [3.05, 3.63) is 41.5 Å². The largest absolute Gasteiger partial charge is 0.339 e.